The van der Waals surface area contributed by atoms with Gasteiger partial charge in [0.25, 0.3) is 0 Å². The van der Waals surface area contributed by atoms with E-state index in [1.54, 1.807) is 30.3 Å². The fourth-order valence-corrected chi connectivity index (χ4v) is 2.30. The van der Waals surface area contributed by atoms with Crippen LogP contribution in [0.2, 0.25) is 0 Å². The molecule has 0 spiro atoms. The molecule has 0 saturated carbocycles. The number of ether oxygens (including phenoxy) is 3. The van der Waals surface area contributed by atoms with E-state index >= 15 is 0 Å². The molecular formula is C18H17N3O5. The minimum Gasteiger partial charge on any atom is -0.496 e. The molecular weight excluding hydrogens is 338 g/mol. The van der Waals surface area contributed by atoms with Crippen molar-refractivity contribution in [1.82, 2.24) is 10.7 Å². The summed E-state index contributed by atoms with van der Waals surface area (Å²) in [4.78, 5) is 23.6. The Morgan fingerprint density at radius 1 is 1.15 bits per heavy atom. The number of rotatable bonds is 5. The van der Waals surface area contributed by atoms with Gasteiger partial charge in [-0.3, -0.25) is 9.59 Å². The van der Waals surface area contributed by atoms with Crippen molar-refractivity contribution >= 4 is 18.0 Å². The number of nitrogens with one attached hydrogen (secondary N) is 2. The lowest BCUT2D eigenvalue weighted by atomic mass is 10.2. The Morgan fingerprint density at radius 2 is 1.96 bits per heavy atom. The largest absolute Gasteiger partial charge is 0.496 e. The molecule has 1 aliphatic rings. The minimum absolute atomic E-state index is 0.178. The molecule has 8 nitrogen and oxygen atoms in total. The Bertz CT molecular complexity index is 850. The van der Waals surface area contributed by atoms with Gasteiger partial charge >= 0.3 is 11.8 Å². The number of para-hydroxylation sites is 1. The number of hydrogen-bond donors (Lipinski definition) is 2. The first-order valence-corrected chi connectivity index (χ1v) is 7.80. The lowest BCUT2D eigenvalue weighted by Crippen LogP contribution is -2.37. The van der Waals surface area contributed by atoms with Crippen LogP contribution in [-0.4, -0.2) is 31.9 Å². The molecule has 0 fully saturated rings. The molecule has 2 N–H and O–H groups in total. The summed E-state index contributed by atoms with van der Waals surface area (Å²) in [5.41, 5.74) is 3.64. The lowest BCUT2D eigenvalue weighted by Gasteiger charge is -2.05. The molecule has 2 aromatic carbocycles. The van der Waals surface area contributed by atoms with Crippen LogP contribution in [0.25, 0.3) is 0 Å². The standard InChI is InChI=1S/C18H17N3O5/c1-24-14-5-3-2-4-13(14)10-20-21-18(23)17(22)19-9-12-6-7-15-16(8-12)26-11-25-15/h2-8,10H,9,11H2,1H3,(H,19,22)(H,21,23)/b20-10-. The number of fused-ring (bicyclic) bond motifs is 1. The van der Waals surface area contributed by atoms with Crippen molar-refractivity contribution in [3.05, 3.63) is 53.6 Å². The highest BCUT2D eigenvalue weighted by atomic mass is 16.7. The smallest absolute Gasteiger partial charge is 0.329 e. The van der Waals surface area contributed by atoms with E-state index in [-0.39, 0.29) is 13.3 Å². The predicted molar refractivity (Wildman–Crippen MR) is 93.1 cm³/mol. The van der Waals surface area contributed by atoms with Gasteiger partial charge < -0.3 is 19.5 Å². The van der Waals surface area contributed by atoms with Crippen molar-refractivity contribution in [2.24, 2.45) is 5.10 Å². The molecule has 0 aliphatic carbocycles. The van der Waals surface area contributed by atoms with Crippen molar-refractivity contribution in [1.29, 1.82) is 0 Å². The van der Waals surface area contributed by atoms with Gasteiger partial charge in [0.2, 0.25) is 6.79 Å². The average molecular weight is 355 g/mol. The van der Waals surface area contributed by atoms with Crippen LogP contribution in [0, 0.1) is 0 Å². The van der Waals surface area contributed by atoms with Crippen LogP contribution in [0.4, 0.5) is 0 Å². The second kappa shape index (κ2) is 8.02. The third-order valence-electron chi connectivity index (χ3n) is 3.60. The molecule has 26 heavy (non-hydrogen) atoms. The van der Waals surface area contributed by atoms with Crippen LogP contribution in [0.1, 0.15) is 11.1 Å². The molecule has 2 aromatic rings. The molecule has 8 heteroatoms. The average Bonchev–Trinajstić information content (AvgIpc) is 3.14. The third-order valence-corrected chi connectivity index (χ3v) is 3.60. The van der Waals surface area contributed by atoms with Crippen molar-refractivity contribution in [3.63, 3.8) is 0 Å². The fraction of sp³-hybridized carbons (Fsp3) is 0.167. The summed E-state index contributed by atoms with van der Waals surface area (Å²) in [6, 6.07) is 12.4. The Morgan fingerprint density at radius 3 is 2.81 bits per heavy atom. The molecule has 0 bridgehead atoms. The first-order valence-electron chi connectivity index (χ1n) is 7.80. The van der Waals surface area contributed by atoms with Gasteiger partial charge in [-0.05, 0) is 29.8 Å². The number of methoxy groups -OCH3 is 1. The van der Waals surface area contributed by atoms with E-state index in [0.29, 0.717) is 22.8 Å². The van der Waals surface area contributed by atoms with E-state index < -0.39 is 11.8 Å². The highest BCUT2D eigenvalue weighted by Gasteiger charge is 2.15. The summed E-state index contributed by atoms with van der Waals surface area (Å²) < 4.78 is 15.6. The zero-order valence-electron chi connectivity index (χ0n) is 14.0. The van der Waals surface area contributed by atoms with Crippen LogP contribution in [0.3, 0.4) is 0 Å². The van der Waals surface area contributed by atoms with Crippen molar-refractivity contribution in [2.45, 2.75) is 6.54 Å². The Kier molecular flexibility index (Phi) is 5.33. The van der Waals surface area contributed by atoms with E-state index in [2.05, 4.69) is 15.8 Å². The van der Waals surface area contributed by atoms with Crippen LogP contribution in [0.15, 0.2) is 47.6 Å². The van der Waals surface area contributed by atoms with Crippen LogP contribution in [0.5, 0.6) is 17.2 Å². The molecule has 2 amide bonds. The van der Waals surface area contributed by atoms with Gasteiger partial charge in [-0.2, -0.15) is 5.10 Å². The number of nitrogens with zero attached hydrogens (tertiary/aromatic N) is 1. The quantitative estimate of drug-likeness (QED) is 0.477. The molecule has 0 radical (unpaired) electrons. The van der Waals surface area contributed by atoms with Crippen molar-refractivity contribution in [2.75, 3.05) is 13.9 Å². The normalized spacial score (nSPS) is 12.0. The van der Waals surface area contributed by atoms with Gasteiger partial charge in [0.1, 0.15) is 5.75 Å². The van der Waals surface area contributed by atoms with Crippen LogP contribution < -0.4 is 25.0 Å². The molecule has 0 saturated heterocycles. The summed E-state index contributed by atoms with van der Waals surface area (Å²) >= 11 is 0. The van der Waals surface area contributed by atoms with Crippen molar-refractivity contribution in [3.8, 4) is 17.2 Å². The predicted octanol–water partition coefficient (Wildman–Crippen LogP) is 1.19. The second-order valence-electron chi connectivity index (χ2n) is 5.31. The molecule has 1 heterocycles. The maximum Gasteiger partial charge on any atom is 0.329 e. The van der Waals surface area contributed by atoms with Crippen LogP contribution >= 0.6 is 0 Å². The summed E-state index contributed by atoms with van der Waals surface area (Å²) in [5.74, 6) is 0.223. The monoisotopic (exact) mass is 355 g/mol. The number of carbonyl (C=O) groups is 2. The van der Waals surface area contributed by atoms with E-state index in [1.165, 1.54) is 13.3 Å². The first-order chi connectivity index (χ1) is 12.7. The molecule has 1 aliphatic heterocycles. The van der Waals surface area contributed by atoms with Gasteiger partial charge in [0.05, 0.1) is 13.3 Å². The second-order valence-corrected chi connectivity index (χ2v) is 5.31. The minimum atomic E-state index is -0.864. The third kappa shape index (κ3) is 4.10. The summed E-state index contributed by atoms with van der Waals surface area (Å²) in [7, 11) is 1.54. The summed E-state index contributed by atoms with van der Waals surface area (Å²) in [6.45, 7) is 0.358. The maximum atomic E-state index is 11.8. The topological polar surface area (TPSA) is 98.2 Å². The number of amides is 2. The van der Waals surface area contributed by atoms with Gasteiger partial charge in [-0.15, -0.1) is 0 Å². The van der Waals surface area contributed by atoms with E-state index in [0.717, 1.165) is 5.56 Å². The lowest BCUT2D eigenvalue weighted by molar-refractivity contribution is -0.139. The van der Waals surface area contributed by atoms with Gasteiger partial charge in [-0.25, -0.2) is 5.43 Å². The number of hydrazone groups is 1. The SMILES string of the molecule is COc1ccccc1/C=N\NC(=O)C(=O)NCc1ccc2c(c1)OCO2. The molecule has 0 atom stereocenters. The summed E-state index contributed by atoms with van der Waals surface area (Å²) in [5, 5.41) is 6.29. The Balaban J connectivity index is 1.50. The Labute approximate surface area is 149 Å². The highest BCUT2D eigenvalue weighted by molar-refractivity contribution is 6.35. The molecule has 0 aromatic heterocycles. The summed E-state index contributed by atoms with van der Waals surface area (Å²) in [6.07, 6.45) is 1.40. The number of benzene rings is 2. The van der Waals surface area contributed by atoms with E-state index in [4.69, 9.17) is 14.2 Å². The maximum absolute atomic E-state index is 11.8. The first kappa shape index (κ1) is 17.3. The van der Waals surface area contributed by atoms with Gasteiger partial charge in [0, 0.05) is 12.1 Å². The van der Waals surface area contributed by atoms with E-state index in [1.807, 2.05) is 12.1 Å². The zero-order chi connectivity index (χ0) is 18.4. The number of carbonyl (C=O) groups excluding carboxylic acids is 2. The zero-order valence-corrected chi connectivity index (χ0v) is 14.0. The van der Waals surface area contributed by atoms with Crippen LogP contribution in [-0.2, 0) is 16.1 Å². The molecule has 0 unspecified atom stereocenters. The van der Waals surface area contributed by atoms with Gasteiger partial charge in [0.15, 0.2) is 11.5 Å². The number of hydrogen-bond acceptors (Lipinski definition) is 6. The van der Waals surface area contributed by atoms with Crippen molar-refractivity contribution < 1.29 is 23.8 Å². The highest BCUT2D eigenvalue weighted by Crippen LogP contribution is 2.32. The molecule has 3 rings (SSSR count). The Hall–Kier alpha value is -3.55. The fourth-order valence-electron chi connectivity index (χ4n) is 2.30. The van der Waals surface area contributed by atoms with Gasteiger partial charge in [-0.1, -0.05) is 18.2 Å². The van der Waals surface area contributed by atoms with E-state index in [9.17, 15) is 9.59 Å². The molecule has 134 valence electrons.